The first-order valence-electron chi connectivity index (χ1n) is 7.01. The summed E-state index contributed by atoms with van der Waals surface area (Å²) in [4.78, 5) is 2.67. The first kappa shape index (κ1) is 14.9. The van der Waals surface area contributed by atoms with E-state index in [0.29, 0.717) is 6.04 Å². The van der Waals surface area contributed by atoms with Crippen LogP contribution in [0.25, 0.3) is 0 Å². The number of hydrogen-bond donors (Lipinski definition) is 1. The van der Waals surface area contributed by atoms with Gasteiger partial charge in [-0.3, -0.25) is 4.90 Å². The molecule has 102 valence electrons. The fraction of sp³-hybridized carbons (Fsp3) is 1.00. The van der Waals surface area contributed by atoms with Crippen molar-refractivity contribution in [2.75, 3.05) is 26.7 Å². The van der Waals surface area contributed by atoms with Gasteiger partial charge in [0.05, 0.1) is 5.60 Å². The predicted octanol–water partition coefficient (Wildman–Crippen LogP) is 2.26. The number of rotatable bonds is 7. The summed E-state index contributed by atoms with van der Waals surface area (Å²) in [5.41, 5.74) is -0.0164. The summed E-state index contributed by atoms with van der Waals surface area (Å²) >= 11 is 0. The van der Waals surface area contributed by atoms with Gasteiger partial charge >= 0.3 is 0 Å². The molecule has 0 saturated carbocycles. The normalized spacial score (nSPS) is 23.3. The molecule has 0 aliphatic carbocycles. The predicted molar refractivity (Wildman–Crippen MR) is 73.4 cm³/mol. The van der Waals surface area contributed by atoms with Crippen LogP contribution in [0.4, 0.5) is 0 Å². The van der Waals surface area contributed by atoms with Gasteiger partial charge < -0.3 is 10.1 Å². The molecule has 17 heavy (non-hydrogen) atoms. The van der Waals surface area contributed by atoms with Crippen LogP contribution in [0.2, 0.25) is 0 Å². The molecule has 0 spiro atoms. The van der Waals surface area contributed by atoms with Crippen LogP contribution in [0.15, 0.2) is 0 Å². The molecular formula is C14H30N2O. The van der Waals surface area contributed by atoms with E-state index in [1.807, 2.05) is 7.11 Å². The van der Waals surface area contributed by atoms with E-state index in [-0.39, 0.29) is 5.60 Å². The maximum absolute atomic E-state index is 5.56. The van der Waals surface area contributed by atoms with Crippen molar-refractivity contribution in [3.05, 3.63) is 0 Å². The fourth-order valence-electron chi connectivity index (χ4n) is 2.86. The smallest absolute Gasteiger partial charge is 0.0637 e. The van der Waals surface area contributed by atoms with Crippen molar-refractivity contribution in [1.82, 2.24) is 10.2 Å². The van der Waals surface area contributed by atoms with Gasteiger partial charge in [-0.1, -0.05) is 6.92 Å². The van der Waals surface area contributed by atoms with Gasteiger partial charge in [-0.15, -0.1) is 0 Å². The molecule has 0 aromatic heterocycles. The lowest BCUT2D eigenvalue weighted by atomic mass is 9.97. The second-order valence-corrected chi connectivity index (χ2v) is 5.90. The van der Waals surface area contributed by atoms with Gasteiger partial charge in [-0.05, 0) is 53.1 Å². The van der Waals surface area contributed by atoms with Gasteiger partial charge in [0.15, 0.2) is 0 Å². The number of ether oxygens (including phenoxy) is 1. The molecule has 1 heterocycles. The van der Waals surface area contributed by atoms with Crippen LogP contribution in [0, 0.1) is 0 Å². The van der Waals surface area contributed by atoms with Gasteiger partial charge in [0.25, 0.3) is 0 Å². The topological polar surface area (TPSA) is 24.5 Å². The monoisotopic (exact) mass is 242 g/mol. The molecular weight excluding hydrogens is 212 g/mol. The van der Waals surface area contributed by atoms with Crippen LogP contribution in [0.5, 0.6) is 0 Å². The number of methoxy groups -OCH3 is 1. The van der Waals surface area contributed by atoms with Gasteiger partial charge in [0, 0.05) is 25.7 Å². The number of nitrogens with one attached hydrogen (secondary N) is 1. The summed E-state index contributed by atoms with van der Waals surface area (Å²) in [5, 5.41) is 3.47. The van der Waals surface area contributed by atoms with Crippen molar-refractivity contribution in [2.24, 2.45) is 0 Å². The van der Waals surface area contributed by atoms with E-state index >= 15 is 0 Å². The zero-order valence-electron chi connectivity index (χ0n) is 12.3. The molecule has 0 aromatic carbocycles. The third-order valence-corrected chi connectivity index (χ3v) is 3.89. The number of hydrogen-bond acceptors (Lipinski definition) is 3. The van der Waals surface area contributed by atoms with Gasteiger partial charge in [0.1, 0.15) is 0 Å². The Labute approximate surface area is 107 Å². The lowest BCUT2D eigenvalue weighted by Gasteiger charge is -2.37. The SMILES string of the molecule is CCCN(C(C)CC(C)(C)OC)C1CCNC1. The van der Waals surface area contributed by atoms with Gasteiger partial charge in [-0.25, -0.2) is 0 Å². The van der Waals surface area contributed by atoms with E-state index < -0.39 is 0 Å². The highest BCUT2D eigenvalue weighted by Gasteiger charge is 2.29. The van der Waals surface area contributed by atoms with Crippen molar-refractivity contribution in [3.8, 4) is 0 Å². The lowest BCUT2D eigenvalue weighted by molar-refractivity contribution is -0.0113. The van der Waals surface area contributed by atoms with E-state index in [1.54, 1.807) is 0 Å². The standard InChI is InChI=1S/C14H30N2O/c1-6-9-16(13-7-8-15-11-13)12(2)10-14(3,4)17-5/h12-13,15H,6-11H2,1-5H3. The van der Waals surface area contributed by atoms with E-state index in [2.05, 4.69) is 37.9 Å². The van der Waals surface area contributed by atoms with Crippen LogP contribution >= 0.6 is 0 Å². The van der Waals surface area contributed by atoms with E-state index in [4.69, 9.17) is 4.74 Å². The Balaban J connectivity index is 2.56. The van der Waals surface area contributed by atoms with Crippen LogP contribution in [0.1, 0.15) is 47.0 Å². The highest BCUT2D eigenvalue weighted by Crippen LogP contribution is 2.22. The van der Waals surface area contributed by atoms with Crippen molar-refractivity contribution in [2.45, 2.75) is 64.6 Å². The van der Waals surface area contributed by atoms with Crippen LogP contribution < -0.4 is 5.32 Å². The quantitative estimate of drug-likeness (QED) is 0.741. The van der Waals surface area contributed by atoms with Crippen molar-refractivity contribution in [3.63, 3.8) is 0 Å². The highest BCUT2D eigenvalue weighted by atomic mass is 16.5. The minimum atomic E-state index is -0.0164. The molecule has 1 fully saturated rings. The summed E-state index contributed by atoms with van der Waals surface area (Å²) in [5.74, 6) is 0. The second kappa shape index (κ2) is 6.72. The lowest BCUT2D eigenvalue weighted by Crippen LogP contribution is -2.46. The molecule has 0 radical (unpaired) electrons. The van der Waals surface area contributed by atoms with E-state index in [9.17, 15) is 0 Å². The third-order valence-electron chi connectivity index (χ3n) is 3.89. The Morgan fingerprint density at radius 3 is 2.65 bits per heavy atom. The Morgan fingerprint density at radius 1 is 1.47 bits per heavy atom. The molecule has 0 bridgehead atoms. The Hall–Kier alpha value is -0.120. The first-order chi connectivity index (χ1) is 8.00. The van der Waals surface area contributed by atoms with E-state index in [0.717, 1.165) is 19.0 Å². The fourth-order valence-corrected chi connectivity index (χ4v) is 2.86. The average molecular weight is 242 g/mol. The van der Waals surface area contributed by atoms with Crippen LogP contribution in [-0.2, 0) is 4.74 Å². The molecule has 1 aliphatic rings. The highest BCUT2D eigenvalue weighted by molar-refractivity contribution is 4.86. The van der Waals surface area contributed by atoms with Gasteiger partial charge in [0.2, 0.25) is 0 Å². The molecule has 3 heteroatoms. The summed E-state index contributed by atoms with van der Waals surface area (Å²) in [6, 6.07) is 1.31. The van der Waals surface area contributed by atoms with Crippen molar-refractivity contribution in [1.29, 1.82) is 0 Å². The minimum Gasteiger partial charge on any atom is -0.379 e. The molecule has 1 aliphatic heterocycles. The maximum Gasteiger partial charge on any atom is 0.0637 e. The van der Waals surface area contributed by atoms with Crippen LogP contribution in [0.3, 0.4) is 0 Å². The molecule has 1 saturated heterocycles. The molecule has 1 N–H and O–H groups in total. The average Bonchev–Trinajstić information content (AvgIpc) is 2.78. The molecule has 3 nitrogen and oxygen atoms in total. The molecule has 0 amide bonds. The van der Waals surface area contributed by atoms with Gasteiger partial charge in [-0.2, -0.15) is 0 Å². The molecule has 0 aromatic rings. The summed E-state index contributed by atoms with van der Waals surface area (Å²) in [6.07, 6.45) is 3.62. The molecule has 2 unspecified atom stereocenters. The Bertz CT molecular complexity index is 212. The maximum atomic E-state index is 5.56. The summed E-state index contributed by atoms with van der Waals surface area (Å²) < 4.78 is 5.56. The van der Waals surface area contributed by atoms with E-state index in [1.165, 1.54) is 25.9 Å². The molecule has 2 atom stereocenters. The zero-order valence-corrected chi connectivity index (χ0v) is 12.3. The van der Waals surface area contributed by atoms with Crippen molar-refractivity contribution >= 4 is 0 Å². The second-order valence-electron chi connectivity index (χ2n) is 5.90. The largest absolute Gasteiger partial charge is 0.379 e. The summed E-state index contributed by atoms with van der Waals surface area (Å²) in [7, 11) is 1.81. The summed E-state index contributed by atoms with van der Waals surface area (Å²) in [6.45, 7) is 12.5. The zero-order chi connectivity index (χ0) is 12.9. The Morgan fingerprint density at radius 2 is 2.18 bits per heavy atom. The first-order valence-corrected chi connectivity index (χ1v) is 7.01. The number of nitrogens with zero attached hydrogens (tertiary/aromatic N) is 1. The van der Waals surface area contributed by atoms with Crippen molar-refractivity contribution < 1.29 is 4.74 Å². The molecule has 1 rings (SSSR count). The third kappa shape index (κ3) is 4.57. The Kier molecular flexibility index (Phi) is 5.90. The van der Waals surface area contributed by atoms with Crippen LogP contribution in [-0.4, -0.2) is 49.3 Å². The minimum absolute atomic E-state index is 0.0164.